The molecular weight excluding hydrogens is 253 g/mol. The molecule has 1 amide bonds. The standard InChI is InChI=1S/C13H14FNO4/c1-19-7-9-6-8(2-3-10(9)14)11(16)15-13(4-5-13)12(17)18/h2-3,6H,4-5,7H2,1H3,(H,15,16)(H,17,18). The second-order valence-electron chi connectivity index (χ2n) is 4.58. The number of rotatable bonds is 5. The fourth-order valence-corrected chi connectivity index (χ4v) is 1.79. The highest BCUT2D eigenvalue weighted by atomic mass is 19.1. The highest BCUT2D eigenvalue weighted by Crippen LogP contribution is 2.35. The molecule has 0 atom stereocenters. The number of carboxylic acid groups (broad SMARTS) is 1. The van der Waals surface area contributed by atoms with Gasteiger partial charge in [0, 0.05) is 18.2 Å². The molecule has 5 nitrogen and oxygen atoms in total. The Bertz CT molecular complexity index is 525. The van der Waals surface area contributed by atoms with Crippen LogP contribution in [0.3, 0.4) is 0 Å². The van der Waals surface area contributed by atoms with E-state index >= 15 is 0 Å². The molecule has 1 aliphatic carbocycles. The SMILES string of the molecule is COCc1cc(C(=O)NC2(C(=O)O)CC2)ccc1F. The second-order valence-corrected chi connectivity index (χ2v) is 4.58. The molecule has 1 aromatic carbocycles. The maximum atomic E-state index is 13.4. The van der Waals surface area contributed by atoms with Crippen LogP contribution in [0.25, 0.3) is 0 Å². The number of halogens is 1. The zero-order chi connectivity index (χ0) is 14.0. The van der Waals surface area contributed by atoms with Gasteiger partial charge in [-0.3, -0.25) is 4.79 Å². The lowest BCUT2D eigenvalue weighted by Gasteiger charge is -2.13. The number of aliphatic carboxylic acids is 1. The summed E-state index contributed by atoms with van der Waals surface area (Å²) in [4.78, 5) is 22.9. The Balaban J connectivity index is 2.15. The Labute approximate surface area is 109 Å². The normalized spacial score (nSPS) is 15.9. The number of amides is 1. The average molecular weight is 267 g/mol. The fourth-order valence-electron chi connectivity index (χ4n) is 1.79. The van der Waals surface area contributed by atoms with E-state index in [1.165, 1.54) is 25.3 Å². The monoisotopic (exact) mass is 267 g/mol. The summed E-state index contributed by atoms with van der Waals surface area (Å²) >= 11 is 0. The second kappa shape index (κ2) is 4.97. The van der Waals surface area contributed by atoms with Crippen LogP contribution in [0.4, 0.5) is 4.39 Å². The molecule has 0 unspecified atom stereocenters. The largest absolute Gasteiger partial charge is 0.480 e. The lowest BCUT2D eigenvalue weighted by molar-refractivity contribution is -0.140. The Kier molecular flexibility index (Phi) is 3.53. The molecule has 2 N–H and O–H groups in total. The van der Waals surface area contributed by atoms with E-state index in [4.69, 9.17) is 9.84 Å². The van der Waals surface area contributed by atoms with E-state index in [1.54, 1.807) is 0 Å². The highest BCUT2D eigenvalue weighted by Gasteiger charge is 2.51. The minimum Gasteiger partial charge on any atom is -0.480 e. The number of hydrogen-bond acceptors (Lipinski definition) is 3. The summed E-state index contributed by atoms with van der Waals surface area (Å²) in [5, 5.41) is 11.5. The summed E-state index contributed by atoms with van der Waals surface area (Å²) < 4.78 is 18.2. The maximum Gasteiger partial charge on any atom is 0.329 e. The van der Waals surface area contributed by atoms with Gasteiger partial charge in [-0.2, -0.15) is 0 Å². The third kappa shape index (κ3) is 2.73. The zero-order valence-electron chi connectivity index (χ0n) is 10.4. The smallest absolute Gasteiger partial charge is 0.329 e. The lowest BCUT2D eigenvalue weighted by Crippen LogP contribution is -2.43. The number of benzene rings is 1. The van der Waals surface area contributed by atoms with E-state index < -0.39 is 23.2 Å². The first-order chi connectivity index (χ1) is 8.98. The number of carbonyl (C=O) groups is 2. The number of hydrogen-bond donors (Lipinski definition) is 2. The van der Waals surface area contributed by atoms with Crippen molar-refractivity contribution in [2.45, 2.75) is 25.0 Å². The van der Waals surface area contributed by atoms with Gasteiger partial charge in [-0.15, -0.1) is 0 Å². The minimum atomic E-state index is -1.15. The Morgan fingerprint density at radius 2 is 2.16 bits per heavy atom. The summed E-state index contributed by atoms with van der Waals surface area (Å²) in [6.45, 7) is 0.0526. The molecule has 0 saturated heterocycles. The number of methoxy groups -OCH3 is 1. The van der Waals surface area contributed by atoms with Gasteiger partial charge in [0.15, 0.2) is 0 Å². The van der Waals surface area contributed by atoms with Crippen molar-refractivity contribution < 1.29 is 23.8 Å². The molecular formula is C13H14FNO4. The van der Waals surface area contributed by atoms with Gasteiger partial charge in [-0.1, -0.05) is 0 Å². The van der Waals surface area contributed by atoms with Gasteiger partial charge in [-0.25, -0.2) is 9.18 Å². The molecule has 1 saturated carbocycles. The molecule has 0 heterocycles. The molecule has 0 aromatic heterocycles. The molecule has 1 fully saturated rings. The van der Waals surface area contributed by atoms with E-state index in [0.717, 1.165) is 0 Å². The number of carboxylic acids is 1. The topological polar surface area (TPSA) is 75.6 Å². The quantitative estimate of drug-likeness (QED) is 0.843. The van der Waals surface area contributed by atoms with Crippen LogP contribution in [0.1, 0.15) is 28.8 Å². The van der Waals surface area contributed by atoms with Crippen molar-refractivity contribution in [1.82, 2.24) is 5.32 Å². The van der Waals surface area contributed by atoms with Crippen molar-refractivity contribution in [3.05, 3.63) is 35.1 Å². The highest BCUT2D eigenvalue weighted by molar-refractivity contribution is 5.99. The molecule has 0 aliphatic heterocycles. The van der Waals surface area contributed by atoms with Crippen molar-refractivity contribution in [2.75, 3.05) is 7.11 Å². The average Bonchev–Trinajstić information content (AvgIpc) is 3.13. The summed E-state index contributed by atoms with van der Waals surface area (Å²) in [7, 11) is 1.43. The Morgan fingerprint density at radius 3 is 2.68 bits per heavy atom. The predicted molar refractivity (Wildman–Crippen MR) is 64.2 cm³/mol. The molecule has 1 aromatic rings. The minimum absolute atomic E-state index is 0.0526. The first kappa shape index (κ1) is 13.5. The van der Waals surface area contributed by atoms with Gasteiger partial charge in [0.2, 0.25) is 0 Å². The van der Waals surface area contributed by atoms with Crippen molar-refractivity contribution in [1.29, 1.82) is 0 Å². The van der Waals surface area contributed by atoms with Gasteiger partial charge in [0.05, 0.1) is 6.61 Å². The summed E-state index contributed by atoms with van der Waals surface area (Å²) in [6.07, 6.45) is 0.834. The molecule has 0 bridgehead atoms. The molecule has 102 valence electrons. The van der Waals surface area contributed by atoms with E-state index in [2.05, 4.69) is 5.32 Å². The third-order valence-electron chi connectivity index (χ3n) is 3.12. The van der Waals surface area contributed by atoms with Gasteiger partial charge in [0.1, 0.15) is 11.4 Å². The summed E-state index contributed by atoms with van der Waals surface area (Å²) in [6, 6.07) is 3.86. The van der Waals surface area contributed by atoms with Crippen LogP contribution in [0.2, 0.25) is 0 Å². The summed E-state index contributed by atoms with van der Waals surface area (Å²) in [5.41, 5.74) is -0.663. The van der Waals surface area contributed by atoms with Crippen molar-refractivity contribution in [2.24, 2.45) is 0 Å². The van der Waals surface area contributed by atoms with Crippen LogP contribution in [-0.2, 0) is 16.1 Å². The molecule has 2 rings (SSSR count). The van der Waals surface area contributed by atoms with Crippen LogP contribution in [0.15, 0.2) is 18.2 Å². The van der Waals surface area contributed by atoms with Crippen LogP contribution >= 0.6 is 0 Å². The van der Waals surface area contributed by atoms with E-state index in [9.17, 15) is 14.0 Å². The number of ether oxygens (including phenoxy) is 1. The molecule has 0 spiro atoms. The zero-order valence-corrected chi connectivity index (χ0v) is 10.4. The van der Waals surface area contributed by atoms with Gasteiger partial charge in [-0.05, 0) is 31.0 Å². The molecule has 19 heavy (non-hydrogen) atoms. The predicted octanol–water partition coefficient (Wildman–Crippen LogP) is 1.32. The number of carbonyl (C=O) groups excluding carboxylic acids is 1. The van der Waals surface area contributed by atoms with E-state index in [-0.39, 0.29) is 17.7 Å². The maximum absolute atomic E-state index is 13.4. The van der Waals surface area contributed by atoms with Crippen LogP contribution in [0, 0.1) is 5.82 Å². The number of nitrogens with one attached hydrogen (secondary N) is 1. The van der Waals surface area contributed by atoms with Gasteiger partial charge >= 0.3 is 5.97 Å². The van der Waals surface area contributed by atoms with Crippen molar-refractivity contribution in [3.8, 4) is 0 Å². The first-order valence-corrected chi connectivity index (χ1v) is 5.82. The van der Waals surface area contributed by atoms with Crippen LogP contribution < -0.4 is 5.32 Å². The van der Waals surface area contributed by atoms with Crippen molar-refractivity contribution >= 4 is 11.9 Å². The summed E-state index contributed by atoms with van der Waals surface area (Å²) in [5.74, 6) is -2.02. The Morgan fingerprint density at radius 1 is 1.47 bits per heavy atom. The molecule has 1 aliphatic rings. The first-order valence-electron chi connectivity index (χ1n) is 5.82. The lowest BCUT2D eigenvalue weighted by atomic mass is 10.1. The van der Waals surface area contributed by atoms with E-state index in [0.29, 0.717) is 12.8 Å². The molecule has 0 radical (unpaired) electrons. The van der Waals surface area contributed by atoms with Crippen LogP contribution in [-0.4, -0.2) is 29.6 Å². The fraction of sp³-hybridized carbons (Fsp3) is 0.385. The van der Waals surface area contributed by atoms with E-state index in [1.807, 2.05) is 0 Å². The van der Waals surface area contributed by atoms with Crippen LogP contribution in [0.5, 0.6) is 0 Å². The van der Waals surface area contributed by atoms with Gasteiger partial charge in [0.25, 0.3) is 5.91 Å². The van der Waals surface area contributed by atoms with Gasteiger partial charge < -0.3 is 15.2 Å². The molecule has 6 heteroatoms. The van der Waals surface area contributed by atoms with Crippen molar-refractivity contribution in [3.63, 3.8) is 0 Å². The third-order valence-corrected chi connectivity index (χ3v) is 3.12. The Hall–Kier alpha value is -1.95.